The van der Waals surface area contributed by atoms with E-state index in [0.29, 0.717) is 17.1 Å². The van der Waals surface area contributed by atoms with Crippen molar-refractivity contribution in [3.8, 4) is 23.0 Å². The normalized spacial score (nSPS) is 16.3. The molecule has 4 rings (SSSR count). The summed E-state index contributed by atoms with van der Waals surface area (Å²) in [7, 11) is 3.30. The van der Waals surface area contributed by atoms with Crippen LogP contribution in [0, 0.1) is 0 Å². The molecule has 1 amide bonds. The standard InChI is InChI=1S/C23H28N2O5/c1-27-19-5-3-16(13-21(19)28-2)7-10-25-11-8-18(9-12-25)24-23(26)17-4-6-20-22(14-17)30-15-29-20/h3-6,13-14,18H,7-12,15H2,1-2H3,(H,24,26). The molecule has 0 unspecified atom stereocenters. The topological polar surface area (TPSA) is 69.3 Å². The minimum absolute atomic E-state index is 0.0583. The van der Waals surface area contributed by atoms with Gasteiger partial charge in [0.15, 0.2) is 23.0 Å². The van der Waals surface area contributed by atoms with Crippen molar-refractivity contribution in [2.45, 2.75) is 25.3 Å². The lowest BCUT2D eigenvalue weighted by molar-refractivity contribution is 0.0911. The second-order valence-electron chi connectivity index (χ2n) is 7.60. The summed E-state index contributed by atoms with van der Waals surface area (Å²) in [6, 6.07) is 11.6. The number of piperidine rings is 1. The third-order valence-corrected chi connectivity index (χ3v) is 5.72. The minimum atomic E-state index is -0.0583. The molecule has 30 heavy (non-hydrogen) atoms. The highest BCUT2D eigenvalue weighted by Gasteiger charge is 2.22. The van der Waals surface area contributed by atoms with Gasteiger partial charge in [0.1, 0.15) is 0 Å². The predicted octanol–water partition coefficient (Wildman–Crippen LogP) is 2.87. The summed E-state index contributed by atoms with van der Waals surface area (Å²) in [5.74, 6) is 2.78. The second kappa shape index (κ2) is 9.26. The Hall–Kier alpha value is -2.93. The van der Waals surface area contributed by atoms with E-state index in [1.807, 2.05) is 12.1 Å². The molecule has 7 heteroatoms. The molecule has 2 aromatic carbocycles. The van der Waals surface area contributed by atoms with Gasteiger partial charge in [-0.1, -0.05) is 6.07 Å². The molecule has 0 aliphatic carbocycles. The van der Waals surface area contributed by atoms with Gasteiger partial charge < -0.3 is 29.2 Å². The van der Waals surface area contributed by atoms with Crippen LogP contribution in [0.4, 0.5) is 0 Å². The smallest absolute Gasteiger partial charge is 0.251 e. The van der Waals surface area contributed by atoms with Crippen LogP contribution in [0.2, 0.25) is 0 Å². The van der Waals surface area contributed by atoms with Crippen molar-refractivity contribution in [2.75, 3.05) is 40.6 Å². The third kappa shape index (κ3) is 4.62. The quantitative estimate of drug-likeness (QED) is 0.754. The van der Waals surface area contributed by atoms with Crippen molar-refractivity contribution in [3.63, 3.8) is 0 Å². The molecule has 0 atom stereocenters. The van der Waals surface area contributed by atoms with E-state index in [2.05, 4.69) is 16.3 Å². The number of methoxy groups -OCH3 is 2. The molecule has 0 bridgehead atoms. The summed E-state index contributed by atoms with van der Waals surface area (Å²) in [5.41, 5.74) is 1.83. The van der Waals surface area contributed by atoms with Crippen molar-refractivity contribution in [3.05, 3.63) is 47.5 Å². The number of carbonyl (C=O) groups excluding carboxylic acids is 1. The highest BCUT2D eigenvalue weighted by Crippen LogP contribution is 2.32. The first-order valence-corrected chi connectivity index (χ1v) is 10.3. The molecule has 0 spiro atoms. The molecule has 160 valence electrons. The fourth-order valence-electron chi connectivity index (χ4n) is 3.93. The molecular formula is C23H28N2O5. The maximum absolute atomic E-state index is 12.6. The number of carbonyl (C=O) groups is 1. The van der Waals surface area contributed by atoms with Gasteiger partial charge in [0, 0.05) is 31.2 Å². The van der Waals surface area contributed by atoms with E-state index in [9.17, 15) is 4.79 Å². The van der Waals surface area contributed by atoms with Crippen LogP contribution in [0.1, 0.15) is 28.8 Å². The number of hydrogen-bond acceptors (Lipinski definition) is 6. The van der Waals surface area contributed by atoms with Crippen LogP contribution in [0.5, 0.6) is 23.0 Å². The Kier molecular flexibility index (Phi) is 6.28. The monoisotopic (exact) mass is 412 g/mol. The van der Waals surface area contributed by atoms with E-state index >= 15 is 0 Å². The van der Waals surface area contributed by atoms with Crippen LogP contribution in [0.3, 0.4) is 0 Å². The number of rotatable bonds is 7. The maximum atomic E-state index is 12.6. The van der Waals surface area contributed by atoms with Gasteiger partial charge >= 0.3 is 0 Å². The molecule has 0 saturated carbocycles. The van der Waals surface area contributed by atoms with Gasteiger partial charge in [0.25, 0.3) is 5.91 Å². The average Bonchev–Trinajstić information content (AvgIpc) is 3.26. The highest BCUT2D eigenvalue weighted by atomic mass is 16.7. The number of ether oxygens (including phenoxy) is 4. The molecule has 2 heterocycles. The van der Waals surface area contributed by atoms with Crippen LogP contribution in [0.25, 0.3) is 0 Å². The van der Waals surface area contributed by atoms with Crippen LogP contribution in [0.15, 0.2) is 36.4 Å². The van der Waals surface area contributed by atoms with Crippen molar-refractivity contribution in [1.29, 1.82) is 0 Å². The largest absolute Gasteiger partial charge is 0.493 e. The van der Waals surface area contributed by atoms with Gasteiger partial charge in [0.2, 0.25) is 6.79 Å². The molecule has 7 nitrogen and oxygen atoms in total. The van der Waals surface area contributed by atoms with Gasteiger partial charge in [-0.2, -0.15) is 0 Å². The van der Waals surface area contributed by atoms with E-state index < -0.39 is 0 Å². The zero-order valence-electron chi connectivity index (χ0n) is 17.5. The lowest BCUT2D eigenvalue weighted by Gasteiger charge is -2.32. The Morgan fingerprint density at radius 2 is 1.80 bits per heavy atom. The summed E-state index contributed by atoms with van der Waals surface area (Å²) in [4.78, 5) is 15.0. The summed E-state index contributed by atoms with van der Waals surface area (Å²) in [6.45, 7) is 3.14. The number of benzene rings is 2. The van der Waals surface area contributed by atoms with Crippen LogP contribution >= 0.6 is 0 Å². The number of nitrogens with one attached hydrogen (secondary N) is 1. The first-order valence-electron chi connectivity index (χ1n) is 10.3. The third-order valence-electron chi connectivity index (χ3n) is 5.72. The first kappa shape index (κ1) is 20.3. The van der Waals surface area contributed by atoms with Crippen molar-refractivity contribution in [1.82, 2.24) is 10.2 Å². The number of fused-ring (bicyclic) bond motifs is 1. The lowest BCUT2D eigenvalue weighted by atomic mass is 10.0. The first-order chi connectivity index (χ1) is 14.7. The van der Waals surface area contributed by atoms with Gasteiger partial charge in [-0.15, -0.1) is 0 Å². The predicted molar refractivity (Wildman–Crippen MR) is 113 cm³/mol. The Labute approximate surface area is 176 Å². The van der Waals surface area contributed by atoms with Gasteiger partial charge in [-0.3, -0.25) is 4.79 Å². The van der Waals surface area contributed by atoms with Gasteiger partial charge in [-0.25, -0.2) is 0 Å². The summed E-state index contributed by atoms with van der Waals surface area (Å²) in [6.07, 6.45) is 2.85. The molecular weight excluding hydrogens is 384 g/mol. The Morgan fingerprint density at radius 3 is 2.57 bits per heavy atom. The highest BCUT2D eigenvalue weighted by molar-refractivity contribution is 5.95. The fourth-order valence-corrected chi connectivity index (χ4v) is 3.93. The molecule has 2 aliphatic rings. The Morgan fingerprint density at radius 1 is 1.03 bits per heavy atom. The molecule has 0 aromatic heterocycles. The van der Waals surface area contributed by atoms with E-state index in [-0.39, 0.29) is 18.7 Å². The molecule has 1 saturated heterocycles. The Balaban J connectivity index is 1.23. The molecule has 1 N–H and O–H groups in total. The van der Waals surface area contributed by atoms with Crippen molar-refractivity contribution >= 4 is 5.91 Å². The maximum Gasteiger partial charge on any atom is 0.251 e. The fraction of sp³-hybridized carbons (Fsp3) is 0.435. The van der Waals surface area contributed by atoms with Crippen LogP contribution < -0.4 is 24.3 Å². The zero-order chi connectivity index (χ0) is 20.9. The minimum Gasteiger partial charge on any atom is -0.493 e. The second-order valence-corrected chi connectivity index (χ2v) is 7.60. The van der Waals surface area contributed by atoms with Crippen LogP contribution in [-0.2, 0) is 6.42 Å². The average molecular weight is 412 g/mol. The Bertz CT molecular complexity index is 893. The molecule has 2 aromatic rings. The number of nitrogens with zero attached hydrogens (tertiary/aromatic N) is 1. The number of hydrogen-bond donors (Lipinski definition) is 1. The van der Waals surface area contributed by atoms with E-state index in [4.69, 9.17) is 18.9 Å². The number of amides is 1. The van der Waals surface area contributed by atoms with E-state index in [0.717, 1.165) is 50.4 Å². The SMILES string of the molecule is COc1ccc(CCN2CCC(NC(=O)c3ccc4c(c3)OCO4)CC2)cc1OC. The molecule has 0 radical (unpaired) electrons. The molecule has 2 aliphatic heterocycles. The molecule has 1 fully saturated rings. The van der Waals surface area contributed by atoms with Gasteiger partial charge in [0.05, 0.1) is 14.2 Å². The van der Waals surface area contributed by atoms with Crippen molar-refractivity contribution in [2.24, 2.45) is 0 Å². The lowest BCUT2D eigenvalue weighted by Crippen LogP contribution is -2.45. The van der Waals surface area contributed by atoms with Crippen LogP contribution in [-0.4, -0.2) is 57.5 Å². The van der Waals surface area contributed by atoms with E-state index in [1.54, 1.807) is 32.4 Å². The number of likely N-dealkylation sites (tertiary alicyclic amines) is 1. The van der Waals surface area contributed by atoms with E-state index in [1.165, 1.54) is 5.56 Å². The summed E-state index contributed by atoms with van der Waals surface area (Å²) < 4.78 is 21.3. The van der Waals surface area contributed by atoms with Gasteiger partial charge in [-0.05, 0) is 55.2 Å². The summed E-state index contributed by atoms with van der Waals surface area (Å²) >= 11 is 0. The summed E-state index contributed by atoms with van der Waals surface area (Å²) in [5, 5.41) is 3.16. The van der Waals surface area contributed by atoms with Crippen molar-refractivity contribution < 1.29 is 23.7 Å². The zero-order valence-corrected chi connectivity index (χ0v) is 17.5.